The Morgan fingerprint density at radius 1 is 1.18 bits per heavy atom. The number of hydrogen-bond donors (Lipinski definition) is 3. The molecule has 0 aliphatic heterocycles. The molecule has 2 aliphatic rings. The Morgan fingerprint density at radius 3 is 2.41 bits per heavy atom. The van der Waals surface area contributed by atoms with Crippen LogP contribution in [0.25, 0.3) is 0 Å². The van der Waals surface area contributed by atoms with Crippen molar-refractivity contribution in [1.29, 1.82) is 0 Å². The fourth-order valence-corrected chi connectivity index (χ4v) is 3.05. The van der Waals surface area contributed by atoms with Crippen LogP contribution in [0.3, 0.4) is 0 Å². The lowest BCUT2D eigenvalue weighted by Gasteiger charge is -2.28. The van der Waals surface area contributed by atoms with Gasteiger partial charge in [0.1, 0.15) is 6.54 Å². The van der Waals surface area contributed by atoms with E-state index in [2.05, 4.69) is 27.9 Å². The number of aliphatic imine (C=N–C) groups is 1. The van der Waals surface area contributed by atoms with Gasteiger partial charge >= 0.3 is 0 Å². The van der Waals surface area contributed by atoms with Gasteiger partial charge in [-0.2, -0.15) is 0 Å². The number of carbonyl (C=O) groups excluding carboxylic acids is 1. The number of carbonyl (C=O) groups is 1. The minimum Gasteiger partial charge on any atom is -0.357 e. The Morgan fingerprint density at radius 2 is 1.86 bits per heavy atom. The molecule has 128 valence electrons. The van der Waals surface area contributed by atoms with Crippen molar-refractivity contribution in [3.8, 4) is 0 Å². The van der Waals surface area contributed by atoms with E-state index < -0.39 is 0 Å². The van der Waals surface area contributed by atoms with Crippen molar-refractivity contribution < 1.29 is 4.79 Å². The summed E-state index contributed by atoms with van der Waals surface area (Å²) >= 11 is 0. The molecule has 0 unspecified atom stereocenters. The highest BCUT2D eigenvalue weighted by Crippen LogP contribution is 2.40. The van der Waals surface area contributed by atoms with Crippen molar-refractivity contribution >= 4 is 35.8 Å². The van der Waals surface area contributed by atoms with E-state index in [4.69, 9.17) is 0 Å². The summed E-state index contributed by atoms with van der Waals surface area (Å²) in [4.78, 5) is 16.1. The lowest BCUT2D eigenvalue weighted by molar-refractivity contribution is -0.119. The normalized spacial score (nSPS) is 20.2. The third-order valence-corrected chi connectivity index (χ3v) is 4.71. The summed E-state index contributed by atoms with van der Waals surface area (Å²) in [7, 11) is 0. The molecule has 2 aliphatic carbocycles. The highest BCUT2D eigenvalue weighted by molar-refractivity contribution is 14.0. The third kappa shape index (κ3) is 6.30. The van der Waals surface area contributed by atoms with Gasteiger partial charge in [-0.05, 0) is 44.4 Å². The number of amides is 1. The van der Waals surface area contributed by atoms with Crippen molar-refractivity contribution in [3.05, 3.63) is 0 Å². The molecule has 0 heterocycles. The summed E-state index contributed by atoms with van der Waals surface area (Å²) in [5, 5.41) is 9.63. The molecule has 6 heteroatoms. The van der Waals surface area contributed by atoms with E-state index in [0.717, 1.165) is 31.9 Å². The number of hydrogen-bond acceptors (Lipinski definition) is 2. The van der Waals surface area contributed by atoms with E-state index in [1.165, 1.54) is 32.1 Å². The first-order chi connectivity index (χ1) is 10.2. The molecule has 0 atom stereocenters. The van der Waals surface area contributed by atoms with Gasteiger partial charge < -0.3 is 16.0 Å². The van der Waals surface area contributed by atoms with Gasteiger partial charge in [-0.25, -0.2) is 4.99 Å². The van der Waals surface area contributed by atoms with Crippen LogP contribution in [0.5, 0.6) is 0 Å². The second-order valence-corrected chi connectivity index (χ2v) is 6.45. The largest absolute Gasteiger partial charge is 0.357 e. The highest BCUT2D eigenvalue weighted by atomic mass is 127. The van der Waals surface area contributed by atoms with Crippen molar-refractivity contribution in [2.75, 3.05) is 19.6 Å². The Hall–Kier alpha value is -0.530. The van der Waals surface area contributed by atoms with Crippen LogP contribution in [0.2, 0.25) is 0 Å². The van der Waals surface area contributed by atoms with Crippen LogP contribution in [0.15, 0.2) is 4.99 Å². The maximum atomic E-state index is 11.7. The Kier molecular flexibility index (Phi) is 8.49. The monoisotopic (exact) mass is 422 g/mol. The lowest BCUT2D eigenvalue weighted by atomic mass is 9.83. The van der Waals surface area contributed by atoms with Crippen LogP contribution in [-0.2, 0) is 4.79 Å². The van der Waals surface area contributed by atoms with Crippen LogP contribution in [0, 0.1) is 5.41 Å². The molecule has 0 radical (unpaired) electrons. The van der Waals surface area contributed by atoms with Crippen LogP contribution in [0.4, 0.5) is 0 Å². The summed E-state index contributed by atoms with van der Waals surface area (Å²) in [6.07, 6.45) is 8.73. The van der Waals surface area contributed by atoms with Crippen LogP contribution in [-0.4, -0.2) is 37.5 Å². The fraction of sp³-hybridized carbons (Fsp3) is 0.875. The molecule has 0 aromatic carbocycles. The van der Waals surface area contributed by atoms with E-state index >= 15 is 0 Å². The summed E-state index contributed by atoms with van der Waals surface area (Å²) in [6.45, 7) is 6.31. The summed E-state index contributed by atoms with van der Waals surface area (Å²) in [5.41, 5.74) is 0.423. The van der Waals surface area contributed by atoms with Crippen molar-refractivity contribution in [3.63, 3.8) is 0 Å². The number of halogens is 1. The van der Waals surface area contributed by atoms with E-state index in [0.29, 0.717) is 11.5 Å². The predicted molar refractivity (Wildman–Crippen MR) is 102 cm³/mol. The Labute approximate surface area is 151 Å². The predicted octanol–water partition coefficient (Wildman–Crippen LogP) is 2.41. The molecule has 0 bridgehead atoms. The van der Waals surface area contributed by atoms with Gasteiger partial charge in [0.05, 0.1) is 0 Å². The standard InChI is InChI=1S/C16H30N4O.HI/c1-3-16(9-5-6-10-16)12-19-15(17-4-2)18-11-14(21)20-13-7-8-13;/h13H,3-12H2,1-2H3,(H,20,21)(H2,17,18,19);1H. The summed E-state index contributed by atoms with van der Waals surface area (Å²) in [6, 6.07) is 0.407. The maximum absolute atomic E-state index is 11.7. The summed E-state index contributed by atoms with van der Waals surface area (Å²) < 4.78 is 0. The molecular weight excluding hydrogens is 391 g/mol. The smallest absolute Gasteiger partial charge is 0.242 e. The minimum atomic E-state index is 0. The molecule has 5 nitrogen and oxygen atoms in total. The Balaban J connectivity index is 0.00000242. The SMILES string of the molecule is CCNC(=NCC(=O)NC1CC1)NCC1(CC)CCCC1.I. The van der Waals surface area contributed by atoms with Gasteiger partial charge in [0.25, 0.3) is 0 Å². The number of rotatable bonds is 7. The van der Waals surface area contributed by atoms with Gasteiger partial charge in [-0.15, -0.1) is 24.0 Å². The second-order valence-electron chi connectivity index (χ2n) is 6.45. The topological polar surface area (TPSA) is 65.5 Å². The zero-order valence-electron chi connectivity index (χ0n) is 13.9. The van der Waals surface area contributed by atoms with E-state index in [1.54, 1.807) is 0 Å². The zero-order chi connectivity index (χ0) is 15.1. The molecular formula is C16H31IN4O. The molecule has 1 amide bonds. The van der Waals surface area contributed by atoms with Crippen molar-refractivity contribution in [2.45, 2.75) is 64.8 Å². The van der Waals surface area contributed by atoms with E-state index in [9.17, 15) is 4.79 Å². The van der Waals surface area contributed by atoms with Gasteiger partial charge in [-0.3, -0.25) is 4.79 Å². The maximum Gasteiger partial charge on any atom is 0.242 e. The van der Waals surface area contributed by atoms with Gasteiger partial charge in [-0.1, -0.05) is 19.8 Å². The first-order valence-corrected chi connectivity index (χ1v) is 8.49. The first kappa shape index (κ1) is 19.5. The van der Waals surface area contributed by atoms with Crippen LogP contribution >= 0.6 is 24.0 Å². The molecule has 0 aromatic heterocycles. The van der Waals surface area contributed by atoms with Gasteiger partial charge in [0.15, 0.2) is 5.96 Å². The second kappa shape index (κ2) is 9.57. The quantitative estimate of drug-likeness (QED) is 0.336. The van der Waals surface area contributed by atoms with Gasteiger partial charge in [0.2, 0.25) is 5.91 Å². The summed E-state index contributed by atoms with van der Waals surface area (Å²) in [5.74, 6) is 0.795. The molecule has 0 spiro atoms. The molecule has 3 N–H and O–H groups in total. The average Bonchev–Trinajstić information content (AvgIpc) is 3.17. The molecule has 2 fully saturated rings. The molecule has 2 rings (SSSR count). The lowest BCUT2D eigenvalue weighted by Crippen LogP contribution is -2.43. The molecule has 0 saturated heterocycles. The van der Waals surface area contributed by atoms with Crippen LogP contribution in [0.1, 0.15) is 58.8 Å². The van der Waals surface area contributed by atoms with Crippen molar-refractivity contribution in [2.24, 2.45) is 10.4 Å². The van der Waals surface area contributed by atoms with E-state index in [1.807, 2.05) is 6.92 Å². The fourth-order valence-electron chi connectivity index (χ4n) is 3.05. The van der Waals surface area contributed by atoms with Crippen molar-refractivity contribution in [1.82, 2.24) is 16.0 Å². The van der Waals surface area contributed by atoms with E-state index in [-0.39, 0.29) is 36.4 Å². The molecule has 2 saturated carbocycles. The Bertz CT molecular complexity index is 376. The molecule has 22 heavy (non-hydrogen) atoms. The number of nitrogens with one attached hydrogen (secondary N) is 3. The highest BCUT2D eigenvalue weighted by Gasteiger charge is 2.31. The first-order valence-electron chi connectivity index (χ1n) is 8.49. The average molecular weight is 422 g/mol. The van der Waals surface area contributed by atoms with Gasteiger partial charge in [0, 0.05) is 19.1 Å². The third-order valence-electron chi connectivity index (χ3n) is 4.71. The molecule has 0 aromatic rings. The minimum absolute atomic E-state index is 0. The number of nitrogens with zero attached hydrogens (tertiary/aromatic N) is 1. The van der Waals surface area contributed by atoms with Crippen LogP contribution < -0.4 is 16.0 Å². The number of guanidine groups is 1. The zero-order valence-corrected chi connectivity index (χ0v) is 16.2.